The molecule has 0 unspecified atom stereocenters. The Balaban J connectivity index is 1.57. The summed E-state index contributed by atoms with van der Waals surface area (Å²) in [5, 5.41) is 3.26. The number of hydrogen-bond acceptors (Lipinski definition) is 4. The number of nitrogens with zero attached hydrogens (tertiary/aromatic N) is 2. The molecule has 2 amide bonds. The Labute approximate surface area is 171 Å². The summed E-state index contributed by atoms with van der Waals surface area (Å²) < 4.78 is 5.35. The maximum atomic E-state index is 13.0. The molecule has 1 fully saturated rings. The van der Waals surface area contributed by atoms with E-state index in [4.69, 9.17) is 4.74 Å². The molecule has 2 aromatic carbocycles. The number of fused-ring (bicyclic) bond motifs is 1. The van der Waals surface area contributed by atoms with E-state index in [0.29, 0.717) is 37.2 Å². The van der Waals surface area contributed by atoms with Gasteiger partial charge in [0.25, 0.3) is 11.8 Å². The highest BCUT2D eigenvalue weighted by Gasteiger charge is 2.46. The van der Waals surface area contributed by atoms with E-state index < -0.39 is 5.66 Å². The average Bonchev–Trinajstić information content (AvgIpc) is 2.74. The lowest BCUT2D eigenvalue weighted by Crippen LogP contribution is -2.68. The fraction of sp³-hybridized carbons (Fsp3) is 0.391. The first-order chi connectivity index (χ1) is 14.0. The molecule has 2 aliphatic rings. The molecular weight excluding hydrogens is 366 g/mol. The van der Waals surface area contributed by atoms with Crippen LogP contribution in [-0.2, 0) is 0 Å². The van der Waals surface area contributed by atoms with Gasteiger partial charge in [0, 0.05) is 32.5 Å². The van der Waals surface area contributed by atoms with Gasteiger partial charge in [0.05, 0.1) is 23.9 Å². The summed E-state index contributed by atoms with van der Waals surface area (Å²) in [5.41, 5.74) is 2.90. The molecule has 2 aromatic rings. The minimum atomic E-state index is -0.453. The number of likely N-dealkylation sites (tertiary alicyclic amines) is 1. The summed E-state index contributed by atoms with van der Waals surface area (Å²) >= 11 is 0. The fourth-order valence-electron chi connectivity index (χ4n) is 4.58. The smallest absolute Gasteiger partial charge is 0.257 e. The van der Waals surface area contributed by atoms with Crippen LogP contribution in [-0.4, -0.2) is 49.1 Å². The van der Waals surface area contributed by atoms with Crippen molar-refractivity contribution in [2.75, 3.05) is 31.6 Å². The summed E-state index contributed by atoms with van der Waals surface area (Å²) in [6.45, 7) is 6.05. The van der Waals surface area contributed by atoms with Gasteiger partial charge in [-0.05, 0) is 38.1 Å². The lowest BCUT2D eigenvalue weighted by Gasteiger charge is -2.52. The molecule has 2 aliphatic heterocycles. The number of benzene rings is 2. The predicted octanol–water partition coefficient (Wildman–Crippen LogP) is 3.21. The maximum absolute atomic E-state index is 13.0. The van der Waals surface area contributed by atoms with Crippen LogP contribution < -0.4 is 15.0 Å². The lowest BCUT2D eigenvalue weighted by molar-refractivity contribution is 0.0601. The van der Waals surface area contributed by atoms with Gasteiger partial charge < -0.3 is 19.9 Å². The van der Waals surface area contributed by atoms with E-state index in [1.165, 1.54) is 0 Å². The number of carbonyl (C=O) groups is 2. The summed E-state index contributed by atoms with van der Waals surface area (Å²) in [6.07, 6.45) is 1.36. The van der Waals surface area contributed by atoms with Crippen LogP contribution in [0.1, 0.15) is 46.0 Å². The second kappa shape index (κ2) is 7.43. The molecule has 4 rings (SSSR count). The van der Waals surface area contributed by atoms with Crippen molar-refractivity contribution >= 4 is 17.5 Å². The van der Waals surface area contributed by atoms with E-state index in [2.05, 4.69) is 17.1 Å². The second-order valence-electron chi connectivity index (χ2n) is 7.74. The quantitative estimate of drug-likeness (QED) is 0.870. The Bertz CT molecular complexity index is 948. The van der Waals surface area contributed by atoms with Gasteiger partial charge in [0.15, 0.2) is 0 Å². The number of para-hydroxylation sites is 1. The number of piperidine rings is 1. The molecular formula is C23H27N3O3. The third-order valence-corrected chi connectivity index (χ3v) is 6.08. The van der Waals surface area contributed by atoms with E-state index in [1.807, 2.05) is 42.2 Å². The molecule has 0 aromatic heterocycles. The predicted molar refractivity (Wildman–Crippen MR) is 113 cm³/mol. The highest BCUT2D eigenvalue weighted by molar-refractivity contribution is 6.03. The molecule has 0 saturated carbocycles. The van der Waals surface area contributed by atoms with Crippen LogP contribution in [0.2, 0.25) is 0 Å². The first kappa shape index (κ1) is 19.3. The minimum absolute atomic E-state index is 0.0292. The normalized spacial score (nSPS) is 17.7. The number of carbonyl (C=O) groups excluding carboxylic acids is 2. The molecule has 0 aliphatic carbocycles. The van der Waals surface area contributed by atoms with Gasteiger partial charge in [-0.3, -0.25) is 9.59 Å². The molecule has 1 spiro atoms. The van der Waals surface area contributed by atoms with Crippen LogP contribution in [0.5, 0.6) is 5.75 Å². The van der Waals surface area contributed by atoms with Crippen molar-refractivity contribution in [1.82, 2.24) is 10.2 Å². The van der Waals surface area contributed by atoms with Gasteiger partial charge in [-0.25, -0.2) is 0 Å². The van der Waals surface area contributed by atoms with Gasteiger partial charge in [-0.2, -0.15) is 0 Å². The summed E-state index contributed by atoms with van der Waals surface area (Å²) in [5.74, 6) is 0.527. The molecule has 152 valence electrons. The van der Waals surface area contributed by atoms with Crippen molar-refractivity contribution in [3.05, 3.63) is 59.2 Å². The zero-order valence-electron chi connectivity index (χ0n) is 17.2. The van der Waals surface area contributed by atoms with E-state index in [-0.39, 0.29) is 11.8 Å². The van der Waals surface area contributed by atoms with Crippen molar-refractivity contribution < 1.29 is 14.3 Å². The summed E-state index contributed by atoms with van der Waals surface area (Å²) in [7, 11) is 1.58. The number of amides is 2. The monoisotopic (exact) mass is 393 g/mol. The second-order valence-corrected chi connectivity index (χ2v) is 7.74. The topological polar surface area (TPSA) is 61.9 Å². The van der Waals surface area contributed by atoms with Crippen molar-refractivity contribution in [2.24, 2.45) is 0 Å². The number of methoxy groups -OCH3 is 1. The molecule has 6 nitrogen and oxygen atoms in total. The number of ether oxygens (including phenoxy) is 1. The Morgan fingerprint density at radius 3 is 2.59 bits per heavy atom. The number of nitrogens with one attached hydrogen (secondary N) is 1. The van der Waals surface area contributed by atoms with Crippen LogP contribution in [0.25, 0.3) is 0 Å². The van der Waals surface area contributed by atoms with E-state index >= 15 is 0 Å². The Hall–Kier alpha value is -3.02. The Morgan fingerprint density at radius 2 is 1.90 bits per heavy atom. The molecule has 29 heavy (non-hydrogen) atoms. The molecule has 1 saturated heterocycles. The van der Waals surface area contributed by atoms with Crippen molar-refractivity contribution in [1.29, 1.82) is 0 Å². The lowest BCUT2D eigenvalue weighted by atomic mass is 9.89. The number of hydrogen-bond donors (Lipinski definition) is 1. The van der Waals surface area contributed by atoms with Crippen LogP contribution in [0.15, 0.2) is 42.5 Å². The van der Waals surface area contributed by atoms with Gasteiger partial charge in [-0.15, -0.1) is 0 Å². The SMILES string of the molecule is CCN1c2ccc(C)cc2C(=O)NC12CCN(C(=O)c1ccccc1OC)CC2. The number of anilines is 1. The number of aryl methyl sites for hydroxylation is 1. The van der Waals surface area contributed by atoms with Crippen molar-refractivity contribution in [3.63, 3.8) is 0 Å². The largest absolute Gasteiger partial charge is 0.496 e. The van der Waals surface area contributed by atoms with Gasteiger partial charge in [0.2, 0.25) is 0 Å². The summed E-state index contributed by atoms with van der Waals surface area (Å²) in [6, 6.07) is 13.3. The van der Waals surface area contributed by atoms with Crippen LogP contribution in [0.3, 0.4) is 0 Å². The number of rotatable bonds is 3. The third kappa shape index (κ3) is 3.22. The molecule has 6 heteroatoms. The Morgan fingerprint density at radius 1 is 1.17 bits per heavy atom. The highest BCUT2D eigenvalue weighted by atomic mass is 16.5. The molecule has 2 heterocycles. The fourth-order valence-corrected chi connectivity index (χ4v) is 4.58. The van der Waals surface area contributed by atoms with Gasteiger partial charge in [0.1, 0.15) is 11.4 Å². The molecule has 1 N–H and O–H groups in total. The zero-order valence-corrected chi connectivity index (χ0v) is 17.2. The third-order valence-electron chi connectivity index (χ3n) is 6.08. The van der Waals surface area contributed by atoms with E-state index in [1.54, 1.807) is 19.2 Å². The standard InChI is InChI=1S/C23H27N3O3/c1-4-26-19-10-9-16(2)15-18(19)21(27)24-23(26)11-13-25(14-12-23)22(28)17-7-5-6-8-20(17)29-3/h5-10,15H,4,11-14H2,1-3H3,(H,24,27). The Kier molecular flexibility index (Phi) is 4.94. The van der Waals surface area contributed by atoms with Crippen molar-refractivity contribution in [2.45, 2.75) is 32.4 Å². The molecule has 0 radical (unpaired) electrons. The van der Waals surface area contributed by atoms with E-state index in [9.17, 15) is 9.59 Å². The van der Waals surface area contributed by atoms with Gasteiger partial charge in [-0.1, -0.05) is 23.8 Å². The minimum Gasteiger partial charge on any atom is -0.496 e. The maximum Gasteiger partial charge on any atom is 0.257 e. The molecule has 0 bridgehead atoms. The zero-order chi connectivity index (χ0) is 20.6. The van der Waals surface area contributed by atoms with E-state index in [0.717, 1.165) is 23.4 Å². The average molecular weight is 393 g/mol. The van der Waals surface area contributed by atoms with Crippen LogP contribution in [0.4, 0.5) is 5.69 Å². The first-order valence-electron chi connectivity index (χ1n) is 10.1. The molecule has 0 atom stereocenters. The first-order valence-corrected chi connectivity index (χ1v) is 10.1. The summed E-state index contributed by atoms with van der Waals surface area (Å²) in [4.78, 5) is 30.0. The highest BCUT2D eigenvalue weighted by Crippen LogP contribution is 2.38. The van der Waals surface area contributed by atoms with Crippen LogP contribution in [0, 0.1) is 6.92 Å². The van der Waals surface area contributed by atoms with Gasteiger partial charge >= 0.3 is 0 Å². The van der Waals surface area contributed by atoms with Crippen molar-refractivity contribution in [3.8, 4) is 5.75 Å². The van der Waals surface area contributed by atoms with Crippen LogP contribution >= 0.6 is 0 Å².